The number of hydrogen-bond acceptors (Lipinski definition) is 4. The summed E-state index contributed by atoms with van der Waals surface area (Å²) in [6.45, 7) is 1.01. The number of halogens is 2. The molecule has 0 aromatic heterocycles. The molecule has 0 aliphatic carbocycles. The number of rotatable bonds is 5. The summed E-state index contributed by atoms with van der Waals surface area (Å²) in [4.78, 5) is 20.7. The van der Waals surface area contributed by atoms with Gasteiger partial charge in [-0.05, 0) is 18.2 Å². The molecule has 0 spiro atoms. The number of carboxylic acids is 1. The van der Waals surface area contributed by atoms with Gasteiger partial charge in [0.2, 0.25) is 5.91 Å². The van der Waals surface area contributed by atoms with Gasteiger partial charge in [-0.2, -0.15) is 0 Å². The van der Waals surface area contributed by atoms with Gasteiger partial charge in [-0.1, -0.05) is 0 Å². The summed E-state index contributed by atoms with van der Waals surface area (Å²) in [6, 6.07) is 0.0603. The van der Waals surface area contributed by atoms with Crippen LogP contribution >= 0.6 is 0 Å². The van der Waals surface area contributed by atoms with Crippen LogP contribution in [0.3, 0.4) is 0 Å². The summed E-state index contributed by atoms with van der Waals surface area (Å²) >= 11 is 0. The molecule has 0 radical (unpaired) electrons. The van der Waals surface area contributed by atoms with Crippen LogP contribution in [0, 0.1) is 11.6 Å². The largest absolute Gasteiger partial charge is 0.480 e. The fourth-order valence-electron chi connectivity index (χ4n) is 1.44. The topological polar surface area (TPSA) is 101 Å². The van der Waals surface area contributed by atoms with Crippen molar-refractivity contribution in [3.63, 3.8) is 0 Å². The molecule has 0 aliphatic heterocycles. The van der Waals surface area contributed by atoms with Crippen molar-refractivity contribution in [2.45, 2.75) is 17.9 Å². The third kappa shape index (κ3) is 3.98. The summed E-state index contributed by atoms with van der Waals surface area (Å²) in [6.07, 6.45) is 0. The van der Waals surface area contributed by atoms with Crippen molar-refractivity contribution in [1.82, 2.24) is 5.32 Å². The molecule has 0 aliphatic rings. The molecule has 20 heavy (non-hydrogen) atoms. The van der Waals surface area contributed by atoms with Crippen molar-refractivity contribution in [3.8, 4) is 0 Å². The van der Waals surface area contributed by atoms with E-state index in [0.717, 1.165) is 13.0 Å². The van der Waals surface area contributed by atoms with Crippen molar-refractivity contribution in [1.29, 1.82) is 0 Å². The van der Waals surface area contributed by atoms with Crippen LogP contribution in [0.25, 0.3) is 0 Å². The maximum Gasteiger partial charge on any atom is 0.327 e. The van der Waals surface area contributed by atoms with Crippen molar-refractivity contribution in [2.75, 3.05) is 5.75 Å². The lowest BCUT2D eigenvalue weighted by Gasteiger charge is -2.14. The average molecular weight is 307 g/mol. The van der Waals surface area contributed by atoms with Gasteiger partial charge >= 0.3 is 5.97 Å². The van der Waals surface area contributed by atoms with Gasteiger partial charge in [-0.15, -0.1) is 0 Å². The molecule has 1 aromatic rings. The number of carbonyl (C=O) groups excluding carboxylic acids is 1. The van der Waals surface area contributed by atoms with Crippen LogP contribution in [-0.2, 0) is 19.4 Å². The molecule has 0 heterocycles. The van der Waals surface area contributed by atoms with Gasteiger partial charge in [0, 0.05) is 6.92 Å². The van der Waals surface area contributed by atoms with Crippen LogP contribution in [0.4, 0.5) is 8.78 Å². The Kier molecular flexibility index (Phi) is 4.77. The second kappa shape index (κ2) is 5.95. The Hall–Kier alpha value is -2.03. The van der Waals surface area contributed by atoms with Gasteiger partial charge in [0.25, 0.3) is 0 Å². The van der Waals surface area contributed by atoms with Gasteiger partial charge in [-0.3, -0.25) is 4.79 Å². The Morgan fingerprint density at radius 2 is 1.95 bits per heavy atom. The van der Waals surface area contributed by atoms with Gasteiger partial charge in [0.15, 0.2) is 9.84 Å². The van der Waals surface area contributed by atoms with Crippen molar-refractivity contribution in [3.05, 3.63) is 29.8 Å². The molecule has 110 valence electrons. The maximum atomic E-state index is 13.4. The minimum absolute atomic E-state index is 0.456. The second-order valence-electron chi connectivity index (χ2n) is 3.95. The van der Waals surface area contributed by atoms with Gasteiger partial charge in [0.05, 0.1) is 5.75 Å². The van der Waals surface area contributed by atoms with Crippen LogP contribution in [0.2, 0.25) is 0 Å². The second-order valence-corrected chi connectivity index (χ2v) is 5.95. The molecule has 0 saturated heterocycles. The number of aliphatic carboxylic acids is 1. The lowest BCUT2D eigenvalue weighted by atomic mass is 10.3. The van der Waals surface area contributed by atoms with E-state index in [-0.39, 0.29) is 0 Å². The molecular formula is C11H11F2NO5S. The SMILES string of the molecule is CC(=O)NC(CS(=O)(=O)c1cc(F)ccc1F)C(=O)O. The molecule has 0 saturated carbocycles. The summed E-state index contributed by atoms with van der Waals surface area (Å²) in [5.74, 6) is -5.61. The van der Waals surface area contributed by atoms with Crippen LogP contribution in [-0.4, -0.2) is 37.2 Å². The quantitative estimate of drug-likeness (QED) is 0.816. The van der Waals surface area contributed by atoms with E-state index < -0.39 is 50.0 Å². The van der Waals surface area contributed by atoms with E-state index in [1.165, 1.54) is 0 Å². The van der Waals surface area contributed by atoms with E-state index in [4.69, 9.17) is 5.11 Å². The number of hydrogen-bond donors (Lipinski definition) is 2. The van der Waals surface area contributed by atoms with E-state index >= 15 is 0 Å². The Morgan fingerprint density at radius 1 is 1.35 bits per heavy atom. The van der Waals surface area contributed by atoms with Crippen molar-refractivity contribution >= 4 is 21.7 Å². The molecular weight excluding hydrogens is 296 g/mol. The summed E-state index contributed by atoms with van der Waals surface area (Å²) in [7, 11) is -4.41. The first-order valence-corrected chi connectivity index (χ1v) is 6.96. The number of amides is 1. The Morgan fingerprint density at radius 3 is 2.45 bits per heavy atom. The molecule has 9 heteroatoms. The minimum Gasteiger partial charge on any atom is -0.480 e. The normalized spacial score (nSPS) is 12.8. The van der Waals surface area contributed by atoms with Crippen LogP contribution in [0.15, 0.2) is 23.1 Å². The van der Waals surface area contributed by atoms with Gasteiger partial charge < -0.3 is 10.4 Å². The number of benzene rings is 1. The Labute approximate surface area is 113 Å². The molecule has 6 nitrogen and oxygen atoms in total. The summed E-state index contributed by atoms with van der Waals surface area (Å²) < 4.78 is 50.1. The molecule has 1 aromatic carbocycles. The van der Waals surface area contributed by atoms with E-state index in [1.54, 1.807) is 0 Å². The first kappa shape index (κ1) is 16.0. The fourth-order valence-corrected chi connectivity index (χ4v) is 2.95. The van der Waals surface area contributed by atoms with Gasteiger partial charge in [0.1, 0.15) is 22.6 Å². The molecule has 1 amide bonds. The van der Waals surface area contributed by atoms with E-state index in [0.29, 0.717) is 12.1 Å². The van der Waals surface area contributed by atoms with Crippen molar-refractivity contribution < 1.29 is 31.9 Å². The first-order valence-electron chi connectivity index (χ1n) is 5.31. The number of sulfone groups is 1. The highest BCUT2D eigenvalue weighted by Crippen LogP contribution is 2.18. The zero-order valence-corrected chi connectivity index (χ0v) is 11.1. The van der Waals surface area contributed by atoms with E-state index in [9.17, 15) is 26.8 Å². The summed E-state index contributed by atoms with van der Waals surface area (Å²) in [5, 5.41) is 10.7. The maximum absolute atomic E-state index is 13.4. The van der Waals surface area contributed by atoms with E-state index in [1.807, 2.05) is 5.32 Å². The van der Waals surface area contributed by atoms with Crippen LogP contribution < -0.4 is 5.32 Å². The van der Waals surface area contributed by atoms with E-state index in [2.05, 4.69) is 0 Å². The first-order chi connectivity index (χ1) is 9.13. The lowest BCUT2D eigenvalue weighted by Crippen LogP contribution is -2.44. The Bertz CT molecular complexity index is 644. The zero-order valence-electron chi connectivity index (χ0n) is 10.3. The lowest BCUT2D eigenvalue weighted by molar-refractivity contribution is -0.140. The minimum atomic E-state index is -4.41. The predicted molar refractivity (Wildman–Crippen MR) is 63.7 cm³/mol. The molecule has 1 unspecified atom stereocenters. The van der Waals surface area contributed by atoms with Crippen molar-refractivity contribution in [2.24, 2.45) is 0 Å². The fraction of sp³-hybridized carbons (Fsp3) is 0.273. The smallest absolute Gasteiger partial charge is 0.327 e. The number of carboxylic acid groups (broad SMARTS) is 1. The van der Waals surface area contributed by atoms with Crippen LogP contribution in [0.1, 0.15) is 6.92 Å². The highest BCUT2D eigenvalue weighted by atomic mass is 32.2. The molecule has 0 fully saturated rings. The predicted octanol–water partition coefficient (Wildman–Crippen LogP) is 0.328. The number of carbonyl (C=O) groups is 2. The highest BCUT2D eigenvalue weighted by Gasteiger charge is 2.29. The third-order valence-corrected chi connectivity index (χ3v) is 4.05. The van der Waals surface area contributed by atoms with Crippen LogP contribution in [0.5, 0.6) is 0 Å². The average Bonchev–Trinajstić information content (AvgIpc) is 2.30. The number of nitrogens with one attached hydrogen (secondary N) is 1. The third-order valence-electron chi connectivity index (χ3n) is 2.29. The highest BCUT2D eigenvalue weighted by molar-refractivity contribution is 7.91. The Balaban J connectivity index is 3.12. The molecule has 2 N–H and O–H groups in total. The monoisotopic (exact) mass is 307 g/mol. The molecule has 1 rings (SSSR count). The zero-order chi connectivity index (χ0) is 15.5. The molecule has 0 bridgehead atoms. The standard InChI is InChI=1S/C11H11F2NO5S/c1-6(15)14-9(11(16)17)5-20(18,19)10-4-7(12)2-3-8(10)13/h2-4,9H,5H2,1H3,(H,14,15)(H,16,17). The van der Waals surface area contributed by atoms with Gasteiger partial charge in [-0.25, -0.2) is 22.0 Å². The molecule has 1 atom stereocenters. The summed E-state index contributed by atoms with van der Waals surface area (Å²) in [5.41, 5.74) is 0.